The molecule has 0 unspecified atom stereocenters. The highest BCUT2D eigenvalue weighted by Gasteiger charge is 2.20. The van der Waals surface area contributed by atoms with Gasteiger partial charge in [0.05, 0.1) is 0 Å². The van der Waals surface area contributed by atoms with E-state index in [0.717, 1.165) is 4.47 Å². The Morgan fingerprint density at radius 1 is 1.30 bits per heavy atom. The minimum absolute atomic E-state index is 0.0486. The fraction of sp³-hybridized carbons (Fsp3) is 0. The Bertz CT molecular complexity index is 763. The SMILES string of the molecule is NC(=S)c1ncccc1S(=O)(=O)Nc1cccc(Br)c1. The van der Waals surface area contributed by atoms with Gasteiger partial charge in [0.25, 0.3) is 10.0 Å². The molecule has 1 aromatic carbocycles. The van der Waals surface area contributed by atoms with Crippen LogP contribution in [0.5, 0.6) is 0 Å². The smallest absolute Gasteiger partial charge is 0.264 e. The lowest BCUT2D eigenvalue weighted by atomic mass is 10.3. The molecule has 0 aliphatic heterocycles. The summed E-state index contributed by atoms with van der Waals surface area (Å²) in [5, 5.41) is 0. The van der Waals surface area contributed by atoms with E-state index in [0.29, 0.717) is 5.69 Å². The predicted molar refractivity (Wildman–Crippen MR) is 85.1 cm³/mol. The van der Waals surface area contributed by atoms with Crippen LogP contribution in [0.15, 0.2) is 52.0 Å². The molecule has 0 radical (unpaired) electrons. The number of thiocarbonyl (C=S) groups is 1. The second-order valence-electron chi connectivity index (χ2n) is 3.83. The summed E-state index contributed by atoms with van der Waals surface area (Å²) < 4.78 is 27.9. The Kier molecular flexibility index (Phi) is 4.36. The Morgan fingerprint density at radius 3 is 2.70 bits per heavy atom. The molecule has 1 heterocycles. The first-order chi connectivity index (χ1) is 9.40. The van der Waals surface area contributed by atoms with Gasteiger partial charge in [0.1, 0.15) is 15.6 Å². The summed E-state index contributed by atoms with van der Waals surface area (Å²) in [6.45, 7) is 0. The van der Waals surface area contributed by atoms with E-state index in [1.165, 1.54) is 18.3 Å². The van der Waals surface area contributed by atoms with Crippen LogP contribution in [0.4, 0.5) is 5.69 Å². The third-order valence-corrected chi connectivity index (χ3v) is 4.47. The lowest BCUT2D eigenvalue weighted by molar-refractivity contribution is 0.600. The maximum atomic E-state index is 12.4. The van der Waals surface area contributed by atoms with Crippen LogP contribution in [0.25, 0.3) is 0 Å². The van der Waals surface area contributed by atoms with Crippen molar-refractivity contribution >= 4 is 48.8 Å². The number of pyridine rings is 1. The third-order valence-electron chi connectivity index (χ3n) is 2.37. The number of aromatic nitrogens is 1. The Morgan fingerprint density at radius 2 is 2.05 bits per heavy atom. The van der Waals surface area contributed by atoms with Crippen molar-refractivity contribution in [3.63, 3.8) is 0 Å². The highest BCUT2D eigenvalue weighted by Crippen LogP contribution is 2.21. The van der Waals surface area contributed by atoms with Crippen molar-refractivity contribution in [1.29, 1.82) is 0 Å². The van der Waals surface area contributed by atoms with Crippen molar-refractivity contribution < 1.29 is 8.42 Å². The molecule has 2 aromatic rings. The minimum Gasteiger partial charge on any atom is -0.388 e. The van der Waals surface area contributed by atoms with E-state index in [2.05, 4.69) is 25.6 Å². The molecule has 1 aromatic heterocycles. The van der Waals surface area contributed by atoms with E-state index in [-0.39, 0.29) is 15.6 Å². The van der Waals surface area contributed by atoms with E-state index >= 15 is 0 Å². The Balaban J connectivity index is 2.44. The fourth-order valence-corrected chi connectivity index (χ4v) is 3.40. The molecule has 0 aliphatic rings. The second kappa shape index (κ2) is 5.86. The zero-order valence-corrected chi connectivity index (χ0v) is 13.3. The van der Waals surface area contributed by atoms with Crippen LogP contribution in [-0.2, 0) is 10.0 Å². The highest BCUT2D eigenvalue weighted by molar-refractivity contribution is 9.10. The molecule has 0 aliphatic carbocycles. The van der Waals surface area contributed by atoms with Gasteiger partial charge in [-0.15, -0.1) is 0 Å². The topological polar surface area (TPSA) is 85.1 Å². The molecule has 8 heteroatoms. The van der Waals surface area contributed by atoms with Gasteiger partial charge in [-0.25, -0.2) is 8.42 Å². The summed E-state index contributed by atoms with van der Waals surface area (Å²) in [5.74, 6) is 0. The number of sulfonamides is 1. The zero-order chi connectivity index (χ0) is 14.8. The van der Waals surface area contributed by atoms with Gasteiger partial charge in [0, 0.05) is 16.4 Å². The van der Waals surface area contributed by atoms with Crippen LogP contribution in [0.3, 0.4) is 0 Å². The average Bonchev–Trinajstić information content (AvgIpc) is 2.38. The molecule has 0 atom stereocenters. The number of nitrogens with one attached hydrogen (secondary N) is 1. The zero-order valence-electron chi connectivity index (χ0n) is 10.1. The molecule has 5 nitrogen and oxygen atoms in total. The van der Waals surface area contributed by atoms with E-state index in [1.54, 1.807) is 24.3 Å². The van der Waals surface area contributed by atoms with Crippen molar-refractivity contribution in [2.24, 2.45) is 5.73 Å². The number of anilines is 1. The Hall–Kier alpha value is -1.51. The monoisotopic (exact) mass is 371 g/mol. The first kappa shape index (κ1) is 14.9. The van der Waals surface area contributed by atoms with Gasteiger partial charge in [-0.05, 0) is 30.3 Å². The summed E-state index contributed by atoms with van der Waals surface area (Å²) in [6.07, 6.45) is 1.44. The molecule has 0 spiro atoms. The van der Waals surface area contributed by atoms with E-state index < -0.39 is 10.0 Å². The van der Waals surface area contributed by atoms with Gasteiger partial charge in [-0.2, -0.15) is 0 Å². The van der Waals surface area contributed by atoms with Gasteiger partial charge in [-0.3, -0.25) is 9.71 Å². The molecule has 0 saturated carbocycles. The number of nitrogens with zero attached hydrogens (tertiary/aromatic N) is 1. The lowest BCUT2D eigenvalue weighted by Crippen LogP contribution is -2.21. The number of benzene rings is 1. The summed E-state index contributed by atoms with van der Waals surface area (Å²) in [6, 6.07) is 9.72. The summed E-state index contributed by atoms with van der Waals surface area (Å²) in [5.41, 5.74) is 6.00. The normalized spacial score (nSPS) is 11.1. The largest absolute Gasteiger partial charge is 0.388 e. The molecule has 3 N–H and O–H groups in total. The molecule has 0 fully saturated rings. The van der Waals surface area contributed by atoms with Crippen LogP contribution in [0.1, 0.15) is 5.69 Å². The van der Waals surface area contributed by atoms with Gasteiger partial charge in [0.2, 0.25) is 0 Å². The van der Waals surface area contributed by atoms with Crippen LogP contribution in [-0.4, -0.2) is 18.4 Å². The van der Waals surface area contributed by atoms with E-state index in [1.807, 2.05) is 0 Å². The maximum absolute atomic E-state index is 12.4. The average molecular weight is 372 g/mol. The van der Waals surface area contributed by atoms with Crippen LogP contribution >= 0.6 is 28.1 Å². The summed E-state index contributed by atoms with van der Waals surface area (Å²) in [4.78, 5) is 3.79. The molecular weight excluding hydrogens is 362 g/mol. The molecule has 2 rings (SSSR count). The van der Waals surface area contributed by atoms with Gasteiger partial charge < -0.3 is 5.73 Å². The van der Waals surface area contributed by atoms with Gasteiger partial charge in [-0.1, -0.05) is 34.2 Å². The van der Waals surface area contributed by atoms with E-state index in [4.69, 9.17) is 18.0 Å². The standard InChI is InChI=1S/C12H10BrN3O2S2/c13-8-3-1-4-9(7-8)16-20(17,18)10-5-2-6-15-11(10)12(14)19/h1-7,16H,(H2,14,19). The molecule has 104 valence electrons. The molecule has 20 heavy (non-hydrogen) atoms. The molecular formula is C12H10BrN3O2S2. The number of hydrogen-bond acceptors (Lipinski definition) is 4. The van der Waals surface area contributed by atoms with Gasteiger partial charge in [0.15, 0.2) is 0 Å². The van der Waals surface area contributed by atoms with E-state index in [9.17, 15) is 8.42 Å². The second-order valence-corrected chi connectivity index (χ2v) is 6.84. The van der Waals surface area contributed by atoms with Crippen molar-refractivity contribution in [1.82, 2.24) is 4.98 Å². The third kappa shape index (κ3) is 3.33. The Labute approximate surface area is 130 Å². The first-order valence-corrected chi connectivity index (χ1v) is 8.12. The van der Waals surface area contributed by atoms with Crippen LogP contribution in [0, 0.1) is 0 Å². The van der Waals surface area contributed by atoms with Crippen molar-refractivity contribution in [2.45, 2.75) is 4.90 Å². The van der Waals surface area contributed by atoms with Gasteiger partial charge >= 0.3 is 0 Å². The quantitative estimate of drug-likeness (QED) is 0.805. The lowest BCUT2D eigenvalue weighted by Gasteiger charge is -2.10. The highest BCUT2D eigenvalue weighted by atomic mass is 79.9. The molecule has 0 saturated heterocycles. The summed E-state index contributed by atoms with van der Waals surface area (Å²) >= 11 is 8.10. The van der Waals surface area contributed by atoms with Crippen molar-refractivity contribution in [2.75, 3.05) is 4.72 Å². The first-order valence-electron chi connectivity index (χ1n) is 5.43. The molecule has 0 amide bonds. The van der Waals surface area contributed by atoms with Crippen molar-refractivity contribution in [3.8, 4) is 0 Å². The number of rotatable bonds is 4. The fourth-order valence-electron chi connectivity index (χ4n) is 1.55. The van der Waals surface area contributed by atoms with Crippen molar-refractivity contribution in [3.05, 3.63) is 52.8 Å². The minimum atomic E-state index is -3.81. The number of hydrogen-bond donors (Lipinski definition) is 2. The maximum Gasteiger partial charge on any atom is 0.264 e. The molecule has 0 bridgehead atoms. The summed E-state index contributed by atoms with van der Waals surface area (Å²) in [7, 11) is -3.81. The number of halogens is 1. The predicted octanol–water partition coefficient (Wildman–Crippen LogP) is 2.28. The van der Waals surface area contributed by atoms with Crippen LogP contribution < -0.4 is 10.5 Å². The van der Waals surface area contributed by atoms with Crippen LogP contribution in [0.2, 0.25) is 0 Å². The number of nitrogens with two attached hydrogens (primary N) is 1.